The summed E-state index contributed by atoms with van der Waals surface area (Å²) in [6.45, 7) is 26.0. The zero-order valence-electron chi connectivity index (χ0n) is 34.0. The van der Waals surface area contributed by atoms with Gasteiger partial charge in [0.1, 0.15) is 35.7 Å². The number of benzene rings is 4. The third-order valence-corrected chi connectivity index (χ3v) is 11.0. The van der Waals surface area contributed by atoms with Gasteiger partial charge in [-0.15, -0.1) is 11.6 Å². The van der Waals surface area contributed by atoms with Gasteiger partial charge in [-0.2, -0.15) is 0 Å². The Kier molecular flexibility index (Phi) is 11.1. The summed E-state index contributed by atoms with van der Waals surface area (Å²) in [6.07, 6.45) is 0.507. The monoisotopic (exact) mass is 740 g/mol. The van der Waals surface area contributed by atoms with Crippen molar-refractivity contribution in [3.63, 3.8) is 0 Å². The maximum absolute atomic E-state index is 12.1. The van der Waals surface area contributed by atoms with Gasteiger partial charge in [-0.25, -0.2) is 0 Å². The summed E-state index contributed by atoms with van der Waals surface area (Å²) < 4.78 is 6.52. The van der Waals surface area contributed by atoms with Crippen LogP contribution in [0.25, 0.3) is 0 Å². The summed E-state index contributed by atoms with van der Waals surface area (Å²) in [7, 11) is 0. The molecule has 0 radical (unpaired) electrons. The van der Waals surface area contributed by atoms with Gasteiger partial charge in [-0.3, -0.25) is 0 Å². The number of fused-ring (bicyclic) bond motifs is 8. The molecule has 8 bridgehead atoms. The molecule has 5 rings (SSSR count). The Hall–Kier alpha value is -3.67. The average molecular weight is 741 g/mol. The van der Waals surface area contributed by atoms with E-state index in [2.05, 4.69) is 132 Å². The lowest BCUT2D eigenvalue weighted by molar-refractivity contribution is 0.124. The van der Waals surface area contributed by atoms with E-state index < -0.39 is 6.10 Å². The molecule has 1 aliphatic carbocycles. The number of hydrogen-bond donors (Lipinski definition) is 4. The minimum absolute atomic E-state index is 0.000914. The first-order valence-corrected chi connectivity index (χ1v) is 19.5. The van der Waals surface area contributed by atoms with Crippen molar-refractivity contribution in [2.45, 2.75) is 137 Å². The number of phenols is 3. The van der Waals surface area contributed by atoms with Crippen LogP contribution >= 0.6 is 11.6 Å². The van der Waals surface area contributed by atoms with Crippen molar-refractivity contribution in [3.8, 4) is 23.0 Å². The summed E-state index contributed by atoms with van der Waals surface area (Å²) in [5, 5.41) is 46.9. The molecule has 0 fully saturated rings. The minimum Gasteiger partial charge on any atom is -0.507 e. The SMILES string of the molecule is CC(C)(C)c1cc2c(O)c(c1)Cc1cc(C(C)(C)C)cc(c1O)Cc1cc(C(C)(C)C)cc(c1OCC(O)CCl)Cc1cc(C(C)(C)C)cc(c1O)C2. The molecule has 0 spiro atoms. The van der Waals surface area contributed by atoms with Crippen LogP contribution in [0.2, 0.25) is 0 Å². The largest absolute Gasteiger partial charge is 0.507 e. The molecular weight excluding hydrogens is 680 g/mol. The number of ether oxygens (including phenoxy) is 1. The first-order chi connectivity index (χ1) is 24.4. The lowest BCUT2D eigenvalue weighted by atomic mass is 9.79. The third kappa shape index (κ3) is 9.01. The highest BCUT2D eigenvalue weighted by molar-refractivity contribution is 6.18. The fourth-order valence-corrected chi connectivity index (χ4v) is 7.16. The average Bonchev–Trinajstić information content (AvgIpc) is 3.03. The maximum Gasteiger partial charge on any atom is 0.126 e. The highest BCUT2D eigenvalue weighted by Crippen LogP contribution is 2.43. The number of aliphatic hydroxyl groups excluding tert-OH is 1. The number of hydrogen-bond acceptors (Lipinski definition) is 5. The van der Waals surface area contributed by atoms with Gasteiger partial charge in [0, 0.05) is 25.7 Å². The van der Waals surface area contributed by atoms with Crippen molar-refractivity contribution in [2.24, 2.45) is 0 Å². The van der Waals surface area contributed by atoms with Crippen LogP contribution < -0.4 is 4.74 Å². The molecule has 4 N–H and O–H groups in total. The Morgan fingerprint density at radius 3 is 0.925 bits per heavy atom. The van der Waals surface area contributed by atoms with Crippen LogP contribution in [-0.4, -0.2) is 39.0 Å². The Morgan fingerprint density at radius 1 is 0.472 bits per heavy atom. The van der Waals surface area contributed by atoms with E-state index in [9.17, 15) is 20.4 Å². The van der Waals surface area contributed by atoms with E-state index in [1.165, 1.54) is 0 Å². The molecule has 0 aliphatic heterocycles. The first-order valence-electron chi connectivity index (χ1n) is 19.0. The lowest BCUT2D eigenvalue weighted by Gasteiger charge is -2.28. The van der Waals surface area contributed by atoms with E-state index in [1.54, 1.807) is 0 Å². The molecule has 0 amide bonds. The van der Waals surface area contributed by atoms with E-state index in [0.29, 0.717) is 31.4 Å². The van der Waals surface area contributed by atoms with Gasteiger partial charge in [-0.05, 0) is 88.4 Å². The predicted octanol–water partition coefficient (Wildman–Crippen LogP) is 10.6. The van der Waals surface area contributed by atoms with Crippen molar-refractivity contribution in [1.29, 1.82) is 0 Å². The zero-order valence-corrected chi connectivity index (χ0v) is 34.8. The summed E-state index contributed by atoms with van der Waals surface area (Å²) >= 11 is 6.05. The molecule has 286 valence electrons. The number of rotatable bonds is 4. The molecule has 1 aliphatic rings. The quantitative estimate of drug-likeness (QED) is 0.138. The van der Waals surface area contributed by atoms with Gasteiger partial charge in [0.25, 0.3) is 0 Å². The fraction of sp³-hybridized carbons (Fsp3) is 0.489. The van der Waals surface area contributed by atoms with Crippen LogP contribution in [0.15, 0.2) is 48.5 Å². The van der Waals surface area contributed by atoms with Crippen LogP contribution in [-0.2, 0) is 47.3 Å². The zero-order chi connectivity index (χ0) is 39.4. The smallest absolute Gasteiger partial charge is 0.126 e. The van der Waals surface area contributed by atoms with Gasteiger partial charge in [0.2, 0.25) is 0 Å². The van der Waals surface area contributed by atoms with Crippen molar-refractivity contribution >= 4 is 11.6 Å². The molecule has 0 saturated carbocycles. The van der Waals surface area contributed by atoms with Crippen LogP contribution in [0, 0.1) is 0 Å². The van der Waals surface area contributed by atoms with Crippen LogP contribution in [0.1, 0.15) is 150 Å². The Balaban J connectivity index is 1.92. The summed E-state index contributed by atoms with van der Waals surface area (Å²) in [5.74, 6) is 1.22. The number of phenolic OH excluding ortho intramolecular Hbond substituents is 3. The standard InChI is InChI=1S/C47H61ClO5/c1-44(2,3)35-17-27-13-29-19-36(45(4,5)6)21-31(41(29)51)15-33-23-38(47(10,11)12)24-34(43(33)53-26-39(49)25-48)16-32-22-37(46(7,8)9)20-30(42(32)52)14-28(18-35)40(27)50/h17-24,39,49-52H,13-16,25-26H2,1-12H3. The molecular formula is C47H61ClO5. The van der Waals surface area contributed by atoms with Gasteiger partial charge in [-0.1, -0.05) is 132 Å². The molecule has 0 aromatic heterocycles. The Labute approximate surface area is 323 Å². The first kappa shape index (κ1) is 40.5. The van der Waals surface area contributed by atoms with Crippen molar-refractivity contribution in [2.75, 3.05) is 12.5 Å². The van der Waals surface area contributed by atoms with E-state index >= 15 is 0 Å². The highest BCUT2D eigenvalue weighted by Gasteiger charge is 2.28. The van der Waals surface area contributed by atoms with E-state index in [0.717, 1.165) is 66.8 Å². The molecule has 6 heteroatoms. The lowest BCUT2D eigenvalue weighted by Crippen LogP contribution is -2.21. The molecule has 1 unspecified atom stereocenters. The number of halogens is 1. The highest BCUT2D eigenvalue weighted by atomic mass is 35.5. The fourth-order valence-electron chi connectivity index (χ4n) is 7.07. The normalized spacial score (nSPS) is 14.6. The predicted molar refractivity (Wildman–Crippen MR) is 219 cm³/mol. The van der Waals surface area contributed by atoms with Crippen molar-refractivity contribution in [3.05, 3.63) is 115 Å². The minimum atomic E-state index is -0.870. The molecule has 53 heavy (non-hydrogen) atoms. The number of alkyl halides is 1. The summed E-state index contributed by atoms with van der Waals surface area (Å²) in [4.78, 5) is 0. The third-order valence-electron chi connectivity index (χ3n) is 10.6. The molecule has 4 aromatic carbocycles. The van der Waals surface area contributed by atoms with Crippen LogP contribution in [0.3, 0.4) is 0 Å². The number of aromatic hydroxyl groups is 3. The second-order valence-electron chi connectivity index (χ2n) is 19.4. The molecule has 0 heterocycles. The topological polar surface area (TPSA) is 90.2 Å². The van der Waals surface area contributed by atoms with Gasteiger partial charge in [0.15, 0.2) is 0 Å². The maximum atomic E-state index is 12.1. The van der Waals surface area contributed by atoms with Crippen molar-refractivity contribution in [1.82, 2.24) is 0 Å². The molecule has 1 atom stereocenters. The van der Waals surface area contributed by atoms with Gasteiger partial charge in [0.05, 0.1) is 5.88 Å². The number of aliphatic hydroxyl groups is 1. The second kappa shape index (κ2) is 14.5. The Bertz CT molecular complexity index is 1880. The Morgan fingerprint density at radius 2 is 0.698 bits per heavy atom. The molecule has 4 aromatic rings. The van der Waals surface area contributed by atoms with Crippen LogP contribution in [0.5, 0.6) is 23.0 Å². The van der Waals surface area contributed by atoms with Gasteiger partial charge < -0.3 is 25.2 Å². The molecule has 0 saturated heterocycles. The van der Waals surface area contributed by atoms with Gasteiger partial charge >= 0.3 is 0 Å². The van der Waals surface area contributed by atoms with E-state index in [4.69, 9.17) is 16.3 Å². The van der Waals surface area contributed by atoms with E-state index in [-0.39, 0.29) is 51.4 Å². The van der Waals surface area contributed by atoms with Crippen LogP contribution in [0.4, 0.5) is 0 Å². The van der Waals surface area contributed by atoms with Crippen molar-refractivity contribution < 1.29 is 25.2 Å². The summed E-state index contributed by atoms with van der Waals surface area (Å²) in [5.41, 5.74) is 9.66. The van der Waals surface area contributed by atoms with E-state index in [1.807, 2.05) is 0 Å². The second-order valence-corrected chi connectivity index (χ2v) is 19.7. The summed E-state index contributed by atoms with van der Waals surface area (Å²) in [6, 6.07) is 16.8. The molecule has 5 nitrogen and oxygen atoms in total.